The van der Waals surface area contributed by atoms with Gasteiger partial charge >= 0.3 is 29.6 Å². The molecule has 1 aromatic carbocycles. The van der Waals surface area contributed by atoms with Crippen molar-refractivity contribution in [2.75, 3.05) is 0 Å². The van der Waals surface area contributed by atoms with Crippen LogP contribution < -0.4 is 29.6 Å². The van der Waals surface area contributed by atoms with Crippen LogP contribution in [-0.2, 0) is 12.6 Å². The third-order valence-corrected chi connectivity index (χ3v) is 2.57. The second kappa shape index (κ2) is 5.08. The molecule has 0 saturated carbocycles. The molecule has 0 aliphatic carbocycles. The molecule has 0 atom stereocenters. The van der Waals surface area contributed by atoms with E-state index in [9.17, 15) is 0 Å². The van der Waals surface area contributed by atoms with Crippen molar-refractivity contribution in [2.45, 2.75) is 4.34 Å². The predicted octanol–water partition coefficient (Wildman–Crippen LogP) is -0.280. The van der Waals surface area contributed by atoms with Crippen molar-refractivity contribution in [1.82, 2.24) is 4.98 Å². The predicted molar refractivity (Wildman–Crippen MR) is 53.2 cm³/mol. The first-order chi connectivity index (χ1) is 5.86. The van der Waals surface area contributed by atoms with Gasteiger partial charge in [0.05, 0.1) is 5.69 Å². The van der Waals surface area contributed by atoms with E-state index in [0.717, 1.165) is 11.3 Å². The molecule has 0 saturated heterocycles. The molecule has 1 nitrogen and oxygen atoms in total. The number of hydrogen-bond donors (Lipinski definition) is 0. The van der Waals surface area contributed by atoms with Crippen molar-refractivity contribution in [3.8, 4) is 11.3 Å². The normalized spacial score (nSPS) is 9.23. The Balaban J connectivity index is 0.000000845. The van der Waals surface area contributed by atoms with E-state index < -0.39 is 0 Å². The second-order valence-electron chi connectivity index (χ2n) is 2.36. The van der Waals surface area contributed by atoms with Crippen molar-refractivity contribution >= 4 is 24.0 Å². The topological polar surface area (TPSA) is 12.9 Å². The molecule has 4 heteroatoms. The average molecular weight is 215 g/mol. The molecule has 0 bridgehead atoms. The van der Waals surface area contributed by atoms with Gasteiger partial charge in [0, 0.05) is 0 Å². The maximum Gasteiger partial charge on any atom is 1.00 e. The molecule has 0 amide bonds. The van der Waals surface area contributed by atoms with E-state index in [1.165, 1.54) is 11.3 Å². The van der Waals surface area contributed by atoms with E-state index in [1.807, 2.05) is 35.7 Å². The van der Waals surface area contributed by atoms with Crippen LogP contribution in [0.4, 0.5) is 0 Å². The Morgan fingerprint density at radius 2 is 1.85 bits per heavy atom. The van der Waals surface area contributed by atoms with Gasteiger partial charge in [0.25, 0.3) is 0 Å². The molecule has 0 aliphatic heterocycles. The van der Waals surface area contributed by atoms with Gasteiger partial charge in [0.2, 0.25) is 0 Å². The Morgan fingerprint density at radius 3 is 2.38 bits per heavy atom. The molecule has 60 valence electrons. The zero-order valence-electron chi connectivity index (χ0n) is 7.23. The van der Waals surface area contributed by atoms with Crippen LogP contribution in [0.3, 0.4) is 0 Å². The Hall–Kier alpha value is 0.0700. The molecule has 0 spiro atoms. The summed E-state index contributed by atoms with van der Waals surface area (Å²) in [5.74, 6) is 0. The Bertz CT molecular complexity index is 372. The van der Waals surface area contributed by atoms with Crippen molar-refractivity contribution in [1.29, 1.82) is 0 Å². The van der Waals surface area contributed by atoms with Crippen molar-refractivity contribution < 1.29 is 29.6 Å². The van der Waals surface area contributed by atoms with Crippen LogP contribution in [-0.4, -0.2) is 4.98 Å². The van der Waals surface area contributed by atoms with E-state index >= 15 is 0 Å². The SMILES string of the molecule is [Na+].[S-]c1nc(-c2ccccc2)cs1. The van der Waals surface area contributed by atoms with Crippen LogP contribution in [0.5, 0.6) is 0 Å². The fraction of sp³-hybridized carbons (Fsp3) is 0. The van der Waals surface area contributed by atoms with Crippen LogP contribution in [0.15, 0.2) is 40.1 Å². The van der Waals surface area contributed by atoms with E-state index in [2.05, 4.69) is 4.98 Å². The summed E-state index contributed by atoms with van der Waals surface area (Å²) >= 11 is 6.44. The summed E-state index contributed by atoms with van der Waals surface area (Å²) in [6.07, 6.45) is 0. The summed E-state index contributed by atoms with van der Waals surface area (Å²) in [4.78, 5) is 4.21. The molecule has 0 fully saturated rings. The van der Waals surface area contributed by atoms with Crippen molar-refractivity contribution in [2.24, 2.45) is 0 Å². The van der Waals surface area contributed by atoms with Gasteiger partial charge in [-0.1, -0.05) is 35.7 Å². The van der Waals surface area contributed by atoms with E-state index in [0.29, 0.717) is 4.34 Å². The van der Waals surface area contributed by atoms with Gasteiger partial charge in [-0.05, 0) is 9.90 Å². The molecule has 0 aliphatic rings. The second-order valence-corrected chi connectivity index (χ2v) is 3.87. The minimum atomic E-state index is 0. The molecular formula is C9H6NNaS2. The summed E-state index contributed by atoms with van der Waals surface area (Å²) in [5, 5.41) is 1.98. The van der Waals surface area contributed by atoms with Crippen LogP contribution in [0.1, 0.15) is 0 Å². The largest absolute Gasteiger partial charge is 1.00 e. The first-order valence-corrected chi connectivity index (χ1v) is 4.83. The van der Waals surface area contributed by atoms with Gasteiger partial charge in [-0.3, -0.25) is 4.98 Å². The molecular weight excluding hydrogens is 209 g/mol. The third-order valence-electron chi connectivity index (χ3n) is 1.55. The first-order valence-electron chi connectivity index (χ1n) is 3.54. The number of benzene rings is 1. The molecule has 1 heterocycles. The molecule has 13 heavy (non-hydrogen) atoms. The maximum absolute atomic E-state index is 4.94. The quantitative estimate of drug-likeness (QED) is 0.479. The molecule has 1 aromatic heterocycles. The van der Waals surface area contributed by atoms with E-state index in [-0.39, 0.29) is 29.6 Å². The number of rotatable bonds is 1. The molecule has 2 rings (SSSR count). The average Bonchev–Trinajstić information content (AvgIpc) is 2.54. The maximum atomic E-state index is 4.94. The van der Waals surface area contributed by atoms with Crippen molar-refractivity contribution in [3.05, 3.63) is 35.7 Å². The molecule has 0 radical (unpaired) electrons. The zero-order chi connectivity index (χ0) is 8.39. The third kappa shape index (κ3) is 2.76. The van der Waals surface area contributed by atoms with Gasteiger partial charge in [-0.25, -0.2) is 0 Å². The summed E-state index contributed by atoms with van der Waals surface area (Å²) in [6.45, 7) is 0. The monoisotopic (exact) mass is 215 g/mol. The van der Waals surface area contributed by atoms with Gasteiger partial charge in [0.15, 0.2) is 0 Å². The number of hydrogen-bond acceptors (Lipinski definition) is 3. The Morgan fingerprint density at radius 1 is 1.15 bits per heavy atom. The zero-order valence-corrected chi connectivity index (χ0v) is 10.9. The Kier molecular flexibility index (Phi) is 4.35. The molecule has 0 N–H and O–H groups in total. The molecule has 0 unspecified atom stereocenters. The summed E-state index contributed by atoms with van der Waals surface area (Å²) in [7, 11) is 0. The number of nitrogens with zero attached hydrogens (tertiary/aromatic N) is 1. The molecule has 2 aromatic rings. The van der Waals surface area contributed by atoms with E-state index in [4.69, 9.17) is 12.6 Å². The van der Waals surface area contributed by atoms with Crippen LogP contribution in [0, 0.1) is 0 Å². The first kappa shape index (κ1) is 11.1. The number of aromatic nitrogens is 1. The van der Waals surface area contributed by atoms with E-state index in [1.54, 1.807) is 0 Å². The minimum absolute atomic E-state index is 0. The van der Waals surface area contributed by atoms with Gasteiger partial charge in [-0.15, -0.1) is 0 Å². The van der Waals surface area contributed by atoms with Gasteiger partial charge in [0.1, 0.15) is 0 Å². The Labute approximate surface area is 109 Å². The fourth-order valence-electron chi connectivity index (χ4n) is 0.999. The summed E-state index contributed by atoms with van der Waals surface area (Å²) in [6, 6.07) is 10.0. The van der Waals surface area contributed by atoms with Gasteiger partial charge in [-0.2, -0.15) is 0 Å². The number of thiazole rings is 1. The van der Waals surface area contributed by atoms with Gasteiger partial charge < -0.3 is 24.0 Å². The summed E-state index contributed by atoms with van der Waals surface area (Å²) in [5.41, 5.74) is 2.11. The minimum Gasteiger partial charge on any atom is -0.408 e. The van der Waals surface area contributed by atoms with Crippen LogP contribution in [0.25, 0.3) is 11.3 Å². The smallest absolute Gasteiger partial charge is 0.408 e. The fourth-order valence-corrected chi connectivity index (χ4v) is 1.79. The van der Waals surface area contributed by atoms with Crippen molar-refractivity contribution in [3.63, 3.8) is 0 Å². The van der Waals surface area contributed by atoms with Crippen LogP contribution in [0.2, 0.25) is 0 Å². The summed E-state index contributed by atoms with van der Waals surface area (Å²) < 4.78 is 0.703. The van der Waals surface area contributed by atoms with Crippen LogP contribution >= 0.6 is 11.3 Å². The standard InChI is InChI=1S/C9H7NS2.Na/c11-9-10-8(6-12-9)7-4-2-1-3-5-7;/h1-6H,(H,10,11);/q;+1/p-1.